The molecule has 1 atom stereocenters. The Balaban J connectivity index is 4.50. The molecule has 0 aliphatic heterocycles. The third-order valence-corrected chi connectivity index (χ3v) is 10.6. The molecule has 0 fully saturated rings. The molecule has 0 N–H and O–H groups in total. The monoisotopic (exact) mass is 863 g/mol. The maximum absolute atomic E-state index is 12.8. The number of carbonyl (C=O) groups is 3. The van der Waals surface area contributed by atoms with Crippen molar-refractivity contribution in [2.75, 3.05) is 13.2 Å². The van der Waals surface area contributed by atoms with Crippen molar-refractivity contribution in [1.29, 1.82) is 0 Å². The largest absolute Gasteiger partial charge is 0.462 e. The van der Waals surface area contributed by atoms with Crippen LogP contribution in [0.1, 0.15) is 233 Å². The number of ether oxygens (including phenoxy) is 3. The van der Waals surface area contributed by atoms with Crippen LogP contribution >= 0.6 is 0 Å². The van der Waals surface area contributed by atoms with Crippen LogP contribution in [0.4, 0.5) is 0 Å². The van der Waals surface area contributed by atoms with Gasteiger partial charge in [-0.05, 0) is 116 Å². The fraction of sp³-hybridized carbons (Fsp3) is 0.696. The van der Waals surface area contributed by atoms with Gasteiger partial charge in [-0.15, -0.1) is 0 Å². The highest BCUT2D eigenvalue weighted by atomic mass is 16.6. The molecule has 0 aromatic rings. The predicted octanol–water partition coefficient (Wildman–Crippen LogP) is 16.8. The lowest BCUT2D eigenvalue weighted by molar-refractivity contribution is -0.167. The number of rotatable bonds is 45. The number of allylic oxidation sites excluding steroid dienone is 14. The molecule has 0 aromatic heterocycles. The first-order valence-corrected chi connectivity index (χ1v) is 25.6. The first kappa shape index (κ1) is 58.6. The van der Waals surface area contributed by atoms with Crippen molar-refractivity contribution in [3.8, 4) is 0 Å². The Morgan fingerprint density at radius 2 is 0.629 bits per heavy atom. The van der Waals surface area contributed by atoms with Crippen LogP contribution in [0.2, 0.25) is 0 Å². The maximum atomic E-state index is 12.8. The van der Waals surface area contributed by atoms with Gasteiger partial charge >= 0.3 is 17.9 Å². The minimum Gasteiger partial charge on any atom is -0.462 e. The Morgan fingerprint density at radius 1 is 0.339 bits per heavy atom. The number of esters is 3. The molecule has 0 bridgehead atoms. The zero-order valence-electron chi connectivity index (χ0n) is 40.4. The fourth-order valence-corrected chi connectivity index (χ4v) is 6.75. The van der Waals surface area contributed by atoms with Gasteiger partial charge in [0, 0.05) is 19.3 Å². The summed E-state index contributed by atoms with van der Waals surface area (Å²) in [5.74, 6) is -0.968. The highest BCUT2D eigenvalue weighted by molar-refractivity contribution is 5.71. The molecule has 0 aliphatic rings. The van der Waals surface area contributed by atoms with E-state index in [-0.39, 0.29) is 37.5 Å². The second-order valence-electron chi connectivity index (χ2n) is 16.7. The molecule has 0 aromatic carbocycles. The zero-order valence-corrected chi connectivity index (χ0v) is 40.4. The van der Waals surface area contributed by atoms with E-state index in [0.717, 1.165) is 116 Å². The van der Waals surface area contributed by atoms with Crippen molar-refractivity contribution in [3.63, 3.8) is 0 Å². The van der Waals surface area contributed by atoms with Gasteiger partial charge in [-0.25, -0.2) is 0 Å². The molecule has 62 heavy (non-hydrogen) atoms. The van der Waals surface area contributed by atoms with Crippen LogP contribution in [-0.4, -0.2) is 37.2 Å². The standard InChI is InChI=1S/C56H94O6/c1-4-7-10-13-16-19-22-25-28-31-34-37-40-43-46-49-55(58)61-52-53(51-60-54(57)48-45-42-39-36-33-30-27-24-21-18-15-12-9-6-3)62-56(59)50-47-44-41-38-35-32-29-26-23-20-17-14-11-8-5-2/h7,10,16-17,19-20,24-29,35,38,53H,4-6,8-9,11-15,18,21-23,30-34,36-37,39-52H2,1-3H3/b10-7-,19-16-,20-17-,27-24-,28-25-,29-26-,38-35-/t53-/m1/s1. The molecule has 0 radical (unpaired) electrons. The normalized spacial score (nSPS) is 12.8. The molecule has 354 valence electrons. The molecule has 0 rings (SSSR count). The zero-order chi connectivity index (χ0) is 45.1. The summed E-state index contributed by atoms with van der Waals surface area (Å²) in [5.41, 5.74) is 0. The summed E-state index contributed by atoms with van der Waals surface area (Å²) < 4.78 is 16.7. The minimum atomic E-state index is -0.806. The first-order valence-electron chi connectivity index (χ1n) is 25.6. The summed E-state index contributed by atoms with van der Waals surface area (Å²) in [6.07, 6.45) is 64.2. The van der Waals surface area contributed by atoms with Gasteiger partial charge in [0.1, 0.15) is 13.2 Å². The average molecular weight is 863 g/mol. The maximum Gasteiger partial charge on any atom is 0.306 e. The van der Waals surface area contributed by atoms with Gasteiger partial charge in [-0.2, -0.15) is 0 Å². The summed E-state index contributed by atoms with van der Waals surface area (Å²) in [4.78, 5) is 37.9. The molecule has 0 saturated carbocycles. The summed E-state index contributed by atoms with van der Waals surface area (Å²) in [7, 11) is 0. The quantitative estimate of drug-likeness (QED) is 0.0263. The van der Waals surface area contributed by atoms with Crippen LogP contribution in [-0.2, 0) is 28.6 Å². The van der Waals surface area contributed by atoms with E-state index < -0.39 is 6.10 Å². The third kappa shape index (κ3) is 47.6. The second-order valence-corrected chi connectivity index (χ2v) is 16.7. The summed E-state index contributed by atoms with van der Waals surface area (Å²) >= 11 is 0. The van der Waals surface area contributed by atoms with Gasteiger partial charge in [-0.3, -0.25) is 14.4 Å². The highest BCUT2D eigenvalue weighted by Gasteiger charge is 2.19. The van der Waals surface area contributed by atoms with Crippen LogP contribution in [0.25, 0.3) is 0 Å². The summed E-state index contributed by atoms with van der Waals surface area (Å²) in [5, 5.41) is 0. The lowest BCUT2D eigenvalue weighted by Gasteiger charge is -2.18. The van der Waals surface area contributed by atoms with E-state index in [1.54, 1.807) is 0 Å². The van der Waals surface area contributed by atoms with E-state index in [9.17, 15) is 14.4 Å². The van der Waals surface area contributed by atoms with Crippen LogP contribution in [0.15, 0.2) is 85.1 Å². The predicted molar refractivity (Wildman–Crippen MR) is 265 cm³/mol. The number of hydrogen-bond acceptors (Lipinski definition) is 6. The van der Waals surface area contributed by atoms with Gasteiger partial charge < -0.3 is 14.2 Å². The van der Waals surface area contributed by atoms with Crippen molar-refractivity contribution in [2.24, 2.45) is 0 Å². The molecule has 6 nitrogen and oxygen atoms in total. The van der Waals surface area contributed by atoms with E-state index in [1.807, 2.05) is 0 Å². The van der Waals surface area contributed by atoms with Gasteiger partial charge in [0.2, 0.25) is 0 Å². The smallest absolute Gasteiger partial charge is 0.306 e. The van der Waals surface area contributed by atoms with Crippen molar-refractivity contribution < 1.29 is 28.6 Å². The van der Waals surface area contributed by atoms with Crippen LogP contribution < -0.4 is 0 Å². The van der Waals surface area contributed by atoms with Crippen LogP contribution in [0.5, 0.6) is 0 Å². The minimum absolute atomic E-state index is 0.102. The van der Waals surface area contributed by atoms with Gasteiger partial charge in [-0.1, -0.05) is 183 Å². The van der Waals surface area contributed by atoms with Crippen molar-refractivity contribution in [1.82, 2.24) is 0 Å². The molecule has 6 heteroatoms. The van der Waals surface area contributed by atoms with Gasteiger partial charge in [0.25, 0.3) is 0 Å². The van der Waals surface area contributed by atoms with Gasteiger partial charge in [0.05, 0.1) is 0 Å². The number of unbranched alkanes of at least 4 members (excludes halogenated alkanes) is 20. The molecule has 0 saturated heterocycles. The average Bonchev–Trinajstić information content (AvgIpc) is 3.27. The molecule has 0 aliphatic carbocycles. The molecule has 0 amide bonds. The lowest BCUT2D eigenvalue weighted by Crippen LogP contribution is -2.30. The lowest BCUT2D eigenvalue weighted by atomic mass is 10.1. The van der Waals surface area contributed by atoms with E-state index in [1.165, 1.54) is 70.6 Å². The van der Waals surface area contributed by atoms with Crippen molar-refractivity contribution in [3.05, 3.63) is 85.1 Å². The first-order chi connectivity index (χ1) is 30.5. The molecular formula is C56H94O6. The SMILES string of the molecule is CC/C=C\C/C=C\C/C=C\CCCCCCCC(=O)OC[C@@H](COC(=O)CCCCCCC/C=C\CCCCCCC)OC(=O)CCCC/C=C\C/C=C\C/C=C\CCCCC. The molecule has 0 spiro atoms. The van der Waals surface area contributed by atoms with Crippen LogP contribution in [0, 0.1) is 0 Å². The fourth-order valence-electron chi connectivity index (χ4n) is 6.75. The van der Waals surface area contributed by atoms with Crippen molar-refractivity contribution >= 4 is 17.9 Å². The van der Waals surface area contributed by atoms with Gasteiger partial charge in [0.15, 0.2) is 6.10 Å². The van der Waals surface area contributed by atoms with Crippen molar-refractivity contribution in [2.45, 2.75) is 239 Å². The van der Waals surface area contributed by atoms with E-state index in [4.69, 9.17) is 14.2 Å². The molecule has 0 heterocycles. The topological polar surface area (TPSA) is 78.9 Å². The third-order valence-electron chi connectivity index (χ3n) is 10.6. The van der Waals surface area contributed by atoms with Crippen LogP contribution in [0.3, 0.4) is 0 Å². The second kappa shape index (κ2) is 50.2. The highest BCUT2D eigenvalue weighted by Crippen LogP contribution is 2.13. The molecule has 0 unspecified atom stereocenters. The van der Waals surface area contributed by atoms with E-state index in [0.29, 0.717) is 19.3 Å². The summed E-state index contributed by atoms with van der Waals surface area (Å²) in [6.45, 7) is 6.43. The Kier molecular flexibility index (Phi) is 47.5. The number of carbonyl (C=O) groups excluding carboxylic acids is 3. The number of hydrogen-bond donors (Lipinski definition) is 0. The Morgan fingerprint density at radius 3 is 1.06 bits per heavy atom. The Hall–Kier alpha value is -3.41. The Labute approximate surface area is 382 Å². The van der Waals surface area contributed by atoms with E-state index >= 15 is 0 Å². The Bertz CT molecular complexity index is 1220. The van der Waals surface area contributed by atoms with E-state index in [2.05, 4.69) is 106 Å². The summed E-state index contributed by atoms with van der Waals surface area (Å²) in [6, 6.07) is 0. The molecular weight excluding hydrogens is 769 g/mol.